The van der Waals surface area contributed by atoms with Crippen molar-refractivity contribution < 1.29 is 9.59 Å². The largest absolute Gasteiger partial charge is 0.340 e. The van der Waals surface area contributed by atoms with Gasteiger partial charge in [0.1, 0.15) is 5.69 Å². The van der Waals surface area contributed by atoms with Crippen molar-refractivity contribution in [3.8, 4) is 0 Å². The van der Waals surface area contributed by atoms with E-state index in [1.54, 1.807) is 0 Å². The average Bonchev–Trinajstić information content (AvgIpc) is 3.35. The second kappa shape index (κ2) is 8.18. The van der Waals surface area contributed by atoms with Crippen LogP contribution in [-0.2, 0) is 6.54 Å². The fourth-order valence-corrected chi connectivity index (χ4v) is 3.12. The lowest BCUT2D eigenvalue weighted by Crippen LogP contribution is -2.22. The number of imidazole rings is 2. The van der Waals surface area contributed by atoms with Gasteiger partial charge in [-0.2, -0.15) is 0 Å². The van der Waals surface area contributed by atoms with Gasteiger partial charge in [0.2, 0.25) is 5.95 Å². The Balaban J connectivity index is 1.52. The molecule has 0 unspecified atom stereocenters. The molecule has 0 bridgehead atoms. The maximum atomic E-state index is 12.8. The predicted octanol–water partition coefficient (Wildman–Crippen LogP) is 2.85. The highest BCUT2D eigenvalue weighted by Crippen LogP contribution is 2.19. The van der Waals surface area contributed by atoms with Crippen LogP contribution in [0.2, 0.25) is 0 Å². The molecule has 9 nitrogen and oxygen atoms in total. The van der Waals surface area contributed by atoms with Crippen LogP contribution in [0.4, 0.5) is 11.6 Å². The third-order valence-electron chi connectivity index (χ3n) is 4.45. The van der Waals surface area contributed by atoms with E-state index in [-0.39, 0.29) is 11.4 Å². The van der Waals surface area contributed by atoms with Crippen LogP contribution in [0.15, 0.2) is 54.9 Å². The second-order valence-corrected chi connectivity index (χ2v) is 7.03. The molecule has 2 aromatic carbocycles. The molecule has 0 aliphatic carbocycles. The Bertz CT molecular complexity index is 1180. The summed E-state index contributed by atoms with van der Waals surface area (Å²) >= 11 is 0. The molecule has 2 heterocycles. The molecule has 0 spiro atoms. The Morgan fingerprint density at radius 1 is 1.00 bits per heavy atom. The first-order valence-electron chi connectivity index (χ1n) is 9.34. The van der Waals surface area contributed by atoms with Crippen LogP contribution in [0.3, 0.4) is 0 Å². The van der Waals surface area contributed by atoms with Crippen molar-refractivity contribution in [3.63, 3.8) is 0 Å². The van der Waals surface area contributed by atoms with E-state index < -0.39 is 11.8 Å². The fraction of sp³-hybridized carbons (Fsp3) is 0.143. The Hall–Kier alpha value is -3.98. The Labute approximate surface area is 172 Å². The molecule has 4 aromatic rings. The van der Waals surface area contributed by atoms with Gasteiger partial charge in [-0.25, -0.2) is 9.97 Å². The number of amides is 2. The molecule has 2 aromatic heterocycles. The van der Waals surface area contributed by atoms with Crippen molar-refractivity contribution in [1.29, 1.82) is 0 Å². The van der Waals surface area contributed by atoms with Crippen LogP contribution < -0.4 is 10.6 Å². The number of rotatable bonds is 6. The van der Waals surface area contributed by atoms with Crippen LogP contribution in [0.25, 0.3) is 11.0 Å². The van der Waals surface area contributed by atoms with Crippen molar-refractivity contribution in [2.75, 3.05) is 24.7 Å². The molecular weight excluding hydrogens is 382 g/mol. The predicted molar refractivity (Wildman–Crippen MR) is 114 cm³/mol. The smallest absolute Gasteiger partial charge is 0.276 e. The third kappa shape index (κ3) is 4.06. The maximum Gasteiger partial charge on any atom is 0.276 e. The number of hydrogen-bond donors (Lipinski definition) is 4. The summed E-state index contributed by atoms with van der Waals surface area (Å²) in [6.07, 6.45) is 1.31. The highest BCUT2D eigenvalue weighted by Gasteiger charge is 2.22. The summed E-state index contributed by atoms with van der Waals surface area (Å²) < 4.78 is 0. The zero-order chi connectivity index (χ0) is 21.1. The summed E-state index contributed by atoms with van der Waals surface area (Å²) in [4.78, 5) is 41.7. The van der Waals surface area contributed by atoms with Crippen molar-refractivity contribution in [1.82, 2.24) is 24.8 Å². The third-order valence-corrected chi connectivity index (χ3v) is 4.45. The van der Waals surface area contributed by atoms with Gasteiger partial charge >= 0.3 is 0 Å². The van der Waals surface area contributed by atoms with E-state index in [4.69, 9.17) is 0 Å². The summed E-state index contributed by atoms with van der Waals surface area (Å²) in [6.45, 7) is 0.663. The van der Waals surface area contributed by atoms with Gasteiger partial charge in [0.25, 0.3) is 11.8 Å². The number of benzene rings is 2. The van der Waals surface area contributed by atoms with Gasteiger partial charge in [-0.15, -0.1) is 0 Å². The van der Waals surface area contributed by atoms with Gasteiger partial charge in [-0.05, 0) is 37.9 Å². The fourth-order valence-electron chi connectivity index (χ4n) is 3.12. The molecule has 152 valence electrons. The minimum Gasteiger partial charge on any atom is -0.340 e. The normalized spacial score (nSPS) is 11.0. The topological polar surface area (TPSA) is 119 Å². The standard InChI is InChI=1S/C21H21N7O2/c1-28(2)11-13-7-3-4-8-14(13)24-19(29)17-18(23-12-22-17)20(30)27-21-25-15-9-5-6-10-16(15)26-21/h3-10,12H,11H2,1-2H3,(H,22,23)(H,24,29)(H2,25,26,27,30). The van der Waals surface area contributed by atoms with Crippen LogP contribution in [0.1, 0.15) is 26.5 Å². The number of nitrogens with one attached hydrogen (secondary N) is 4. The SMILES string of the molecule is CN(C)Cc1ccccc1NC(=O)c1nc[nH]c1C(=O)Nc1nc2ccccc2[nH]1. The van der Waals surface area contributed by atoms with E-state index in [0.717, 1.165) is 16.6 Å². The number of para-hydroxylation sites is 3. The number of aromatic nitrogens is 4. The molecule has 9 heteroatoms. The Morgan fingerprint density at radius 2 is 1.77 bits per heavy atom. The van der Waals surface area contributed by atoms with Crippen LogP contribution in [0, 0.1) is 0 Å². The van der Waals surface area contributed by atoms with Gasteiger partial charge in [-0.1, -0.05) is 30.3 Å². The first-order chi connectivity index (χ1) is 14.5. The molecule has 4 N–H and O–H groups in total. The van der Waals surface area contributed by atoms with Gasteiger partial charge in [0.05, 0.1) is 17.4 Å². The average molecular weight is 403 g/mol. The first-order valence-corrected chi connectivity index (χ1v) is 9.34. The second-order valence-electron chi connectivity index (χ2n) is 7.03. The van der Waals surface area contributed by atoms with Crippen LogP contribution in [-0.4, -0.2) is 50.7 Å². The van der Waals surface area contributed by atoms with E-state index in [0.29, 0.717) is 18.2 Å². The zero-order valence-electron chi connectivity index (χ0n) is 16.6. The molecule has 0 saturated carbocycles. The number of anilines is 2. The minimum atomic E-state index is -0.515. The number of carbonyl (C=O) groups is 2. The summed E-state index contributed by atoms with van der Waals surface area (Å²) in [7, 11) is 3.90. The van der Waals surface area contributed by atoms with Crippen molar-refractivity contribution in [2.45, 2.75) is 6.54 Å². The molecule has 0 aliphatic heterocycles. The first kappa shape index (κ1) is 19.3. The van der Waals surface area contributed by atoms with Crippen LogP contribution in [0.5, 0.6) is 0 Å². The Kier molecular flexibility index (Phi) is 5.27. The molecule has 0 fully saturated rings. The minimum absolute atomic E-state index is 0.00303. The quantitative estimate of drug-likeness (QED) is 0.395. The van der Waals surface area contributed by atoms with Gasteiger partial charge in [0.15, 0.2) is 5.69 Å². The van der Waals surface area contributed by atoms with Crippen LogP contribution >= 0.6 is 0 Å². The number of nitrogens with zero attached hydrogens (tertiary/aromatic N) is 3. The van der Waals surface area contributed by atoms with Crippen molar-refractivity contribution >= 4 is 34.5 Å². The maximum absolute atomic E-state index is 12.8. The molecule has 4 rings (SSSR count). The molecule has 0 radical (unpaired) electrons. The number of H-pyrrole nitrogens is 2. The van der Waals surface area contributed by atoms with Gasteiger partial charge < -0.3 is 20.2 Å². The molecule has 0 aliphatic rings. The summed E-state index contributed by atoms with van der Waals surface area (Å²) in [5.74, 6) is -0.700. The highest BCUT2D eigenvalue weighted by atomic mass is 16.2. The lowest BCUT2D eigenvalue weighted by atomic mass is 10.1. The summed E-state index contributed by atoms with van der Waals surface area (Å²) in [5.41, 5.74) is 3.21. The molecule has 30 heavy (non-hydrogen) atoms. The monoisotopic (exact) mass is 403 g/mol. The lowest BCUT2D eigenvalue weighted by molar-refractivity contribution is 0.0985. The number of carbonyl (C=O) groups excluding carboxylic acids is 2. The summed E-state index contributed by atoms with van der Waals surface area (Å²) in [5, 5.41) is 5.51. The molecule has 0 atom stereocenters. The van der Waals surface area contributed by atoms with E-state index in [1.807, 2.05) is 67.5 Å². The molecule has 0 saturated heterocycles. The lowest BCUT2D eigenvalue weighted by Gasteiger charge is -2.14. The zero-order valence-corrected chi connectivity index (χ0v) is 16.6. The van der Waals surface area contributed by atoms with Crippen molar-refractivity contribution in [3.05, 3.63) is 71.8 Å². The van der Waals surface area contributed by atoms with E-state index in [9.17, 15) is 9.59 Å². The molecular formula is C21H21N7O2. The van der Waals surface area contributed by atoms with E-state index >= 15 is 0 Å². The number of hydrogen-bond acceptors (Lipinski definition) is 5. The van der Waals surface area contributed by atoms with Gasteiger partial charge in [0, 0.05) is 12.2 Å². The number of fused-ring (bicyclic) bond motifs is 1. The van der Waals surface area contributed by atoms with E-state index in [1.165, 1.54) is 6.33 Å². The van der Waals surface area contributed by atoms with Gasteiger partial charge in [-0.3, -0.25) is 14.9 Å². The van der Waals surface area contributed by atoms with Crippen molar-refractivity contribution in [2.24, 2.45) is 0 Å². The Morgan fingerprint density at radius 3 is 2.57 bits per heavy atom. The van der Waals surface area contributed by atoms with E-state index in [2.05, 4.69) is 30.6 Å². The highest BCUT2D eigenvalue weighted by molar-refractivity contribution is 6.13. The molecule has 2 amide bonds. The summed E-state index contributed by atoms with van der Waals surface area (Å²) in [6, 6.07) is 14.9. The number of aromatic amines is 2.